The number of imide groups is 1. The van der Waals surface area contributed by atoms with Crippen LogP contribution >= 0.6 is 0 Å². The number of carbonyl (C=O) groups is 3. The molecular formula is C22H17NO6. The Kier molecular flexibility index (Phi) is 4.72. The molecule has 0 aliphatic carbocycles. The Morgan fingerprint density at radius 3 is 2.34 bits per heavy atom. The molecule has 1 aliphatic rings. The fraction of sp³-hybridized carbons (Fsp3) is 0.182. The van der Waals surface area contributed by atoms with Crippen molar-refractivity contribution in [1.82, 2.24) is 4.90 Å². The van der Waals surface area contributed by atoms with Crippen LogP contribution in [0.25, 0.3) is 11.0 Å². The molecule has 0 spiro atoms. The minimum Gasteiger partial charge on any atom is -0.425 e. The van der Waals surface area contributed by atoms with Crippen molar-refractivity contribution in [3.63, 3.8) is 0 Å². The standard InChI is InChI=1S/C22H17NO6/c1-2-5-13-10-19(24)29-18-11-14(8-9-15(13)18)28-20(25)12-23-21(26)16-6-3-4-7-17(16)22(23)27/h3-4,6-11H,2,5,12H2,1H3. The van der Waals surface area contributed by atoms with E-state index in [4.69, 9.17) is 9.15 Å². The van der Waals surface area contributed by atoms with Crippen LogP contribution in [-0.4, -0.2) is 29.2 Å². The summed E-state index contributed by atoms with van der Waals surface area (Å²) in [6.45, 7) is 1.50. The average Bonchev–Trinajstić information content (AvgIpc) is 2.93. The Labute approximate surface area is 165 Å². The fourth-order valence-electron chi connectivity index (χ4n) is 3.43. The predicted molar refractivity (Wildman–Crippen MR) is 104 cm³/mol. The maximum Gasteiger partial charge on any atom is 0.336 e. The number of fused-ring (bicyclic) bond motifs is 2. The lowest BCUT2D eigenvalue weighted by Crippen LogP contribution is -2.36. The molecule has 0 saturated carbocycles. The number of rotatable bonds is 5. The number of amides is 2. The summed E-state index contributed by atoms with van der Waals surface area (Å²) in [5, 5.41) is 0.770. The molecule has 1 aliphatic heterocycles. The van der Waals surface area contributed by atoms with Gasteiger partial charge in [0.05, 0.1) is 11.1 Å². The van der Waals surface area contributed by atoms with Gasteiger partial charge in [-0.25, -0.2) is 9.59 Å². The van der Waals surface area contributed by atoms with Crippen LogP contribution in [0.1, 0.15) is 39.6 Å². The van der Waals surface area contributed by atoms with E-state index in [1.54, 1.807) is 36.4 Å². The van der Waals surface area contributed by atoms with Crippen molar-refractivity contribution in [2.75, 3.05) is 6.54 Å². The highest BCUT2D eigenvalue weighted by Crippen LogP contribution is 2.25. The van der Waals surface area contributed by atoms with Gasteiger partial charge in [-0.1, -0.05) is 25.5 Å². The molecule has 0 fully saturated rings. The molecule has 4 rings (SSSR count). The van der Waals surface area contributed by atoms with Crippen LogP contribution < -0.4 is 10.4 Å². The molecule has 0 saturated heterocycles. The van der Waals surface area contributed by atoms with Crippen molar-refractivity contribution >= 4 is 28.8 Å². The molecule has 0 unspecified atom stereocenters. The van der Waals surface area contributed by atoms with Gasteiger partial charge in [0, 0.05) is 17.5 Å². The molecule has 0 bridgehead atoms. The number of esters is 1. The molecule has 7 heteroatoms. The maximum atomic E-state index is 12.4. The van der Waals surface area contributed by atoms with Gasteiger partial charge in [-0.3, -0.25) is 14.5 Å². The second-order valence-corrected chi connectivity index (χ2v) is 6.71. The largest absolute Gasteiger partial charge is 0.425 e. The number of benzene rings is 2. The normalized spacial score (nSPS) is 13.1. The molecule has 7 nitrogen and oxygen atoms in total. The zero-order chi connectivity index (χ0) is 20.5. The minimum atomic E-state index is -0.772. The summed E-state index contributed by atoms with van der Waals surface area (Å²) in [6.07, 6.45) is 1.59. The smallest absolute Gasteiger partial charge is 0.336 e. The molecular weight excluding hydrogens is 374 g/mol. The first-order valence-electron chi connectivity index (χ1n) is 9.20. The summed E-state index contributed by atoms with van der Waals surface area (Å²) in [7, 11) is 0. The topological polar surface area (TPSA) is 93.9 Å². The Bertz CT molecular complexity index is 1170. The summed E-state index contributed by atoms with van der Waals surface area (Å²) in [4.78, 5) is 49.7. The highest BCUT2D eigenvalue weighted by Gasteiger charge is 2.36. The zero-order valence-corrected chi connectivity index (χ0v) is 15.6. The summed E-state index contributed by atoms with van der Waals surface area (Å²) in [6, 6.07) is 12.6. The first kappa shape index (κ1) is 18.6. The van der Waals surface area contributed by atoms with Gasteiger partial charge in [-0.2, -0.15) is 0 Å². The lowest BCUT2D eigenvalue weighted by molar-refractivity contribution is -0.134. The van der Waals surface area contributed by atoms with Gasteiger partial charge in [-0.15, -0.1) is 0 Å². The fourth-order valence-corrected chi connectivity index (χ4v) is 3.43. The Balaban J connectivity index is 1.53. The molecule has 146 valence electrons. The lowest BCUT2D eigenvalue weighted by Gasteiger charge is -2.13. The van der Waals surface area contributed by atoms with Crippen LogP contribution in [0.3, 0.4) is 0 Å². The molecule has 0 radical (unpaired) electrons. The van der Waals surface area contributed by atoms with Gasteiger partial charge in [0.25, 0.3) is 11.8 Å². The van der Waals surface area contributed by atoms with E-state index in [9.17, 15) is 19.2 Å². The van der Waals surface area contributed by atoms with Gasteiger partial charge in [0.1, 0.15) is 17.9 Å². The zero-order valence-electron chi connectivity index (χ0n) is 15.6. The molecule has 1 aromatic heterocycles. The van der Waals surface area contributed by atoms with E-state index in [1.165, 1.54) is 12.1 Å². The SMILES string of the molecule is CCCc1cc(=O)oc2cc(OC(=O)CN3C(=O)c4ccccc4C3=O)ccc12. The number of ether oxygens (including phenoxy) is 1. The molecule has 3 aromatic rings. The van der Waals surface area contributed by atoms with E-state index in [1.807, 2.05) is 6.92 Å². The van der Waals surface area contributed by atoms with Gasteiger partial charge >= 0.3 is 11.6 Å². The number of carbonyl (C=O) groups excluding carboxylic acids is 3. The van der Waals surface area contributed by atoms with E-state index in [-0.39, 0.29) is 16.9 Å². The molecule has 2 heterocycles. The van der Waals surface area contributed by atoms with Crippen LogP contribution in [-0.2, 0) is 11.2 Å². The Hall–Kier alpha value is -3.74. The summed E-state index contributed by atoms with van der Waals surface area (Å²) < 4.78 is 10.5. The maximum absolute atomic E-state index is 12.4. The van der Waals surface area contributed by atoms with Crippen LogP contribution in [0.5, 0.6) is 5.75 Å². The predicted octanol–water partition coefficient (Wildman–Crippen LogP) is 2.95. The summed E-state index contributed by atoms with van der Waals surface area (Å²) in [5.74, 6) is -1.67. The monoisotopic (exact) mass is 391 g/mol. The lowest BCUT2D eigenvalue weighted by atomic mass is 10.1. The van der Waals surface area contributed by atoms with Crippen LogP contribution in [0.2, 0.25) is 0 Å². The van der Waals surface area contributed by atoms with Gasteiger partial charge in [0.2, 0.25) is 0 Å². The van der Waals surface area contributed by atoms with Crippen LogP contribution in [0.4, 0.5) is 0 Å². The van der Waals surface area contributed by atoms with Crippen LogP contribution in [0, 0.1) is 0 Å². The van der Waals surface area contributed by atoms with Crippen molar-refractivity contribution in [3.8, 4) is 5.75 Å². The Morgan fingerprint density at radius 1 is 1.00 bits per heavy atom. The molecule has 0 atom stereocenters. The van der Waals surface area contributed by atoms with E-state index in [0.29, 0.717) is 5.58 Å². The first-order valence-corrected chi connectivity index (χ1v) is 9.20. The van der Waals surface area contributed by atoms with E-state index >= 15 is 0 Å². The highest BCUT2D eigenvalue weighted by molar-refractivity contribution is 6.22. The second-order valence-electron chi connectivity index (χ2n) is 6.71. The summed E-state index contributed by atoms with van der Waals surface area (Å²) >= 11 is 0. The summed E-state index contributed by atoms with van der Waals surface area (Å²) in [5.41, 5.74) is 1.23. The van der Waals surface area contributed by atoms with E-state index in [2.05, 4.69) is 0 Å². The number of hydrogen-bond acceptors (Lipinski definition) is 6. The third-order valence-electron chi connectivity index (χ3n) is 4.72. The number of hydrogen-bond donors (Lipinski definition) is 0. The molecule has 29 heavy (non-hydrogen) atoms. The van der Waals surface area contributed by atoms with Crippen molar-refractivity contribution < 1.29 is 23.5 Å². The van der Waals surface area contributed by atoms with Crippen molar-refractivity contribution in [2.45, 2.75) is 19.8 Å². The minimum absolute atomic E-state index is 0.163. The average molecular weight is 391 g/mol. The molecule has 2 aromatic carbocycles. The molecule has 2 amide bonds. The van der Waals surface area contributed by atoms with Crippen LogP contribution in [0.15, 0.2) is 57.7 Å². The van der Waals surface area contributed by atoms with Crippen molar-refractivity contribution in [3.05, 3.63) is 75.6 Å². The Morgan fingerprint density at radius 2 is 1.69 bits per heavy atom. The third kappa shape index (κ3) is 3.42. The number of aryl methyl sites for hydroxylation is 1. The van der Waals surface area contributed by atoms with Crippen molar-refractivity contribution in [2.24, 2.45) is 0 Å². The second kappa shape index (κ2) is 7.35. The highest BCUT2D eigenvalue weighted by atomic mass is 16.5. The van der Waals surface area contributed by atoms with E-state index in [0.717, 1.165) is 28.7 Å². The quantitative estimate of drug-likeness (QED) is 0.287. The van der Waals surface area contributed by atoms with Gasteiger partial charge < -0.3 is 9.15 Å². The first-order chi connectivity index (χ1) is 14.0. The molecule has 0 N–H and O–H groups in total. The number of nitrogens with zero attached hydrogens (tertiary/aromatic N) is 1. The third-order valence-corrected chi connectivity index (χ3v) is 4.72. The van der Waals surface area contributed by atoms with Crippen molar-refractivity contribution in [1.29, 1.82) is 0 Å². The van der Waals surface area contributed by atoms with Gasteiger partial charge in [-0.05, 0) is 36.2 Å². The van der Waals surface area contributed by atoms with E-state index < -0.39 is 30.0 Å². The van der Waals surface area contributed by atoms with Gasteiger partial charge in [0.15, 0.2) is 0 Å².